The fourth-order valence-electron chi connectivity index (χ4n) is 5.16. The second-order valence-corrected chi connectivity index (χ2v) is 13.0. The Morgan fingerprint density at radius 3 is 2.70 bits per heavy atom. The van der Waals surface area contributed by atoms with E-state index in [0.29, 0.717) is 29.9 Å². The number of thiazole rings is 1. The third-order valence-electron chi connectivity index (χ3n) is 7.18. The van der Waals surface area contributed by atoms with Crippen molar-refractivity contribution in [2.75, 3.05) is 50.0 Å². The summed E-state index contributed by atoms with van der Waals surface area (Å²) >= 11 is 1.43. The van der Waals surface area contributed by atoms with Crippen molar-refractivity contribution in [2.24, 2.45) is 0 Å². The second kappa shape index (κ2) is 13.2. The predicted molar refractivity (Wildman–Crippen MR) is 168 cm³/mol. The minimum absolute atomic E-state index is 0.0556. The number of aromatic nitrogens is 6. The summed E-state index contributed by atoms with van der Waals surface area (Å²) in [5.41, 5.74) is 1.43. The standard InChI is InChI=1S/C30H38N10O3S/c1-30(2,3)43-29(41)39-11-7-8-22(20-39)32-25-16-21(19-38-12-14-42-15-13-38)17-26(33-25)34-28-31-18-24(44-28)27-35-37-40(36-27)23-9-5-4-6-10-23/h4-6,9-10,16-18,22H,7-8,11-15,19-20H2,1-3H3,(H2,31,32,33,34)/t22-/m0/s1. The highest BCUT2D eigenvalue weighted by Crippen LogP contribution is 2.29. The molecule has 0 saturated carbocycles. The predicted octanol–water partition coefficient (Wildman–Crippen LogP) is 4.57. The smallest absolute Gasteiger partial charge is 0.410 e. The van der Waals surface area contributed by atoms with E-state index < -0.39 is 5.60 Å². The quantitative estimate of drug-likeness (QED) is 0.288. The topological polar surface area (TPSA) is 135 Å². The van der Waals surface area contributed by atoms with E-state index in [1.165, 1.54) is 16.1 Å². The molecule has 2 saturated heterocycles. The zero-order chi connectivity index (χ0) is 30.5. The Morgan fingerprint density at radius 2 is 1.91 bits per heavy atom. The molecule has 13 nitrogen and oxygen atoms in total. The average molecular weight is 619 g/mol. The molecule has 232 valence electrons. The molecule has 6 rings (SSSR count). The number of hydrogen-bond donors (Lipinski definition) is 2. The second-order valence-electron chi connectivity index (χ2n) is 11.9. The van der Waals surface area contributed by atoms with Gasteiger partial charge >= 0.3 is 6.09 Å². The van der Waals surface area contributed by atoms with Crippen LogP contribution in [0.15, 0.2) is 48.7 Å². The number of rotatable bonds is 8. The van der Waals surface area contributed by atoms with E-state index in [2.05, 4.69) is 48.1 Å². The molecule has 3 aromatic heterocycles. The Kier molecular flexibility index (Phi) is 9.00. The number of hydrogen-bond acceptors (Lipinski definition) is 12. The van der Waals surface area contributed by atoms with Gasteiger partial charge in [0.2, 0.25) is 5.82 Å². The van der Waals surface area contributed by atoms with Crippen molar-refractivity contribution in [2.45, 2.75) is 51.8 Å². The van der Waals surface area contributed by atoms with Gasteiger partial charge < -0.3 is 25.0 Å². The summed E-state index contributed by atoms with van der Waals surface area (Å²) in [5.74, 6) is 1.93. The van der Waals surface area contributed by atoms with Gasteiger partial charge in [0, 0.05) is 38.8 Å². The van der Waals surface area contributed by atoms with Crippen molar-refractivity contribution < 1.29 is 14.3 Å². The van der Waals surface area contributed by atoms with Gasteiger partial charge in [0.05, 0.1) is 30.0 Å². The van der Waals surface area contributed by atoms with Gasteiger partial charge in [-0.15, -0.1) is 15.0 Å². The molecule has 0 bridgehead atoms. The lowest BCUT2D eigenvalue weighted by Gasteiger charge is -2.34. The summed E-state index contributed by atoms with van der Waals surface area (Å²) in [6.45, 7) is 10.9. The number of piperidine rings is 1. The van der Waals surface area contributed by atoms with Gasteiger partial charge in [-0.2, -0.15) is 0 Å². The molecular formula is C30H38N10O3S. The molecule has 14 heteroatoms. The van der Waals surface area contributed by atoms with Gasteiger partial charge in [0.25, 0.3) is 0 Å². The maximum absolute atomic E-state index is 12.7. The molecule has 0 radical (unpaired) electrons. The Bertz CT molecular complexity index is 1550. The first-order chi connectivity index (χ1) is 21.3. The van der Waals surface area contributed by atoms with Crippen molar-refractivity contribution in [3.8, 4) is 16.4 Å². The molecule has 1 aromatic carbocycles. The van der Waals surface area contributed by atoms with Crippen molar-refractivity contribution >= 4 is 34.2 Å². The van der Waals surface area contributed by atoms with Crippen LogP contribution in [0, 0.1) is 0 Å². The molecular weight excluding hydrogens is 580 g/mol. The molecule has 0 spiro atoms. The van der Waals surface area contributed by atoms with Gasteiger partial charge in [-0.3, -0.25) is 4.90 Å². The van der Waals surface area contributed by atoms with Crippen LogP contribution >= 0.6 is 11.3 Å². The van der Waals surface area contributed by atoms with Gasteiger partial charge in [-0.1, -0.05) is 29.5 Å². The van der Waals surface area contributed by atoms with Crippen LogP contribution in [-0.2, 0) is 16.0 Å². The first-order valence-corrected chi connectivity index (χ1v) is 15.7. The highest BCUT2D eigenvalue weighted by atomic mass is 32.1. The van der Waals surface area contributed by atoms with Crippen LogP contribution in [0.2, 0.25) is 0 Å². The van der Waals surface area contributed by atoms with Crippen LogP contribution in [0.1, 0.15) is 39.2 Å². The lowest BCUT2D eigenvalue weighted by Crippen LogP contribution is -2.47. The Labute approximate surface area is 260 Å². The Hall–Kier alpha value is -4.14. The van der Waals surface area contributed by atoms with E-state index in [-0.39, 0.29) is 12.1 Å². The minimum Gasteiger partial charge on any atom is -0.444 e. The third-order valence-corrected chi connectivity index (χ3v) is 8.09. The van der Waals surface area contributed by atoms with Gasteiger partial charge in [0.15, 0.2) is 5.13 Å². The van der Waals surface area contributed by atoms with Gasteiger partial charge in [-0.05, 0) is 68.7 Å². The maximum Gasteiger partial charge on any atom is 0.410 e. The molecule has 1 atom stereocenters. The van der Waals surface area contributed by atoms with E-state index in [1.54, 1.807) is 11.1 Å². The Balaban J connectivity index is 1.18. The summed E-state index contributed by atoms with van der Waals surface area (Å²) in [6.07, 6.45) is 3.28. The molecule has 44 heavy (non-hydrogen) atoms. The van der Waals surface area contributed by atoms with E-state index >= 15 is 0 Å². The van der Waals surface area contributed by atoms with Gasteiger partial charge in [-0.25, -0.2) is 14.8 Å². The van der Waals surface area contributed by atoms with Crippen molar-refractivity contribution in [3.05, 3.63) is 54.2 Å². The largest absolute Gasteiger partial charge is 0.444 e. The van der Waals surface area contributed by atoms with Crippen molar-refractivity contribution in [1.82, 2.24) is 40.0 Å². The van der Waals surface area contributed by atoms with E-state index in [9.17, 15) is 4.79 Å². The van der Waals surface area contributed by atoms with Crippen LogP contribution in [0.5, 0.6) is 0 Å². The third kappa shape index (κ3) is 7.87. The first-order valence-electron chi connectivity index (χ1n) is 14.9. The van der Waals surface area contributed by atoms with E-state index in [4.69, 9.17) is 14.5 Å². The number of benzene rings is 1. The van der Waals surface area contributed by atoms with E-state index in [0.717, 1.165) is 67.6 Å². The number of nitrogens with zero attached hydrogens (tertiary/aromatic N) is 8. The van der Waals surface area contributed by atoms with Crippen LogP contribution in [0.3, 0.4) is 0 Å². The molecule has 0 unspecified atom stereocenters. The SMILES string of the molecule is CC(C)(C)OC(=O)N1CCC[C@H](Nc2cc(CN3CCOCC3)cc(Nc3ncc(-c4nnn(-c5ccccc5)n4)s3)n2)C1. The number of anilines is 3. The summed E-state index contributed by atoms with van der Waals surface area (Å²) in [6, 6.07) is 13.9. The molecule has 2 fully saturated rings. The molecule has 4 aromatic rings. The number of ether oxygens (including phenoxy) is 2. The molecule has 5 heterocycles. The summed E-state index contributed by atoms with van der Waals surface area (Å²) in [5, 5.41) is 20.6. The number of carbonyl (C=O) groups excluding carboxylic acids is 1. The average Bonchev–Trinajstić information content (AvgIpc) is 3.68. The number of para-hydroxylation sites is 1. The van der Waals surface area contributed by atoms with Crippen molar-refractivity contribution in [1.29, 1.82) is 0 Å². The zero-order valence-electron chi connectivity index (χ0n) is 25.3. The fourth-order valence-corrected chi connectivity index (χ4v) is 5.91. The fraction of sp³-hybridized carbons (Fsp3) is 0.467. The number of nitrogens with one attached hydrogen (secondary N) is 2. The molecule has 1 amide bonds. The number of carbonyl (C=O) groups is 1. The number of tetrazole rings is 1. The lowest BCUT2D eigenvalue weighted by molar-refractivity contribution is 0.0206. The normalized spacial score (nSPS) is 17.8. The molecule has 2 aliphatic heterocycles. The number of amides is 1. The zero-order valence-corrected chi connectivity index (χ0v) is 26.1. The summed E-state index contributed by atoms with van der Waals surface area (Å²) < 4.78 is 11.2. The molecule has 0 aliphatic carbocycles. The minimum atomic E-state index is -0.530. The highest BCUT2D eigenvalue weighted by molar-refractivity contribution is 7.18. The highest BCUT2D eigenvalue weighted by Gasteiger charge is 2.28. The number of morpholine rings is 1. The summed E-state index contributed by atoms with van der Waals surface area (Å²) in [7, 11) is 0. The number of pyridine rings is 1. The lowest BCUT2D eigenvalue weighted by atomic mass is 10.1. The maximum atomic E-state index is 12.7. The number of likely N-dealkylation sites (tertiary alicyclic amines) is 1. The monoisotopic (exact) mass is 618 g/mol. The van der Waals surface area contributed by atoms with Crippen LogP contribution in [0.25, 0.3) is 16.4 Å². The molecule has 2 aliphatic rings. The van der Waals surface area contributed by atoms with Crippen LogP contribution in [0.4, 0.5) is 21.6 Å². The van der Waals surface area contributed by atoms with E-state index in [1.807, 2.05) is 51.1 Å². The first kappa shape index (κ1) is 29.9. The van der Waals surface area contributed by atoms with Gasteiger partial charge in [0.1, 0.15) is 17.2 Å². The van der Waals surface area contributed by atoms with Crippen LogP contribution < -0.4 is 10.6 Å². The summed E-state index contributed by atoms with van der Waals surface area (Å²) in [4.78, 5) is 28.6. The molecule has 2 N–H and O–H groups in total. The van der Waals surface area contributed by atoms with Crippen molar-refractivity contribution in [3.63, 3.8) is 0 Å². The van der Waals surface area contributed by atoms with Crippen LogP contribution in [-0.4, -0.2) is 97.1 Å². The Morgan fingerprint density at radius 1 is 1.11 bits per heavy atom.